The zero-order valence-electron chi connectivity index (χ0n) is 56.4. The molecule has 2 heterocycles. The lowest BCUT2D eigenvalue weighted by molar-refractivity contribution is -0.142. The number of halogens is 1. The quantitative estimate of drug-likeness (QED) is 0.0166. The molecule has 0 unspecified atom stereocenters. The number of hydrogen-bond acceptors (Lipinski definition) is 16. The molecule has 32 heteroatoms. The van der Waals surface area contributed by atoms with Crippen molar-refractivity contribution >= 4 is 105 Å². The van der Waals surface area contributed by atoms with E-state index in [1.54, 1.807) is 50.2 Å². The number of guanidine groups is 1. The number of carbonyl (C=O) groups is 13. The highest BCUT2D eigenvalue weighted by Gasteiger charge is 2.40. The minimum Gasteiger partial charge on any atom is -0.508 e. The van der Waals surface area contributed by atoms with Gasteiger partial charge < -0.3 is 90.8 Å². The Kier molecular flexibility index (Phi) is 29.9. The molecule has 13 amide bonds. The normalized spacial score (nSPS) is 19.4. The van der Waals surface area contributed by atoms with Gasteiger partial charge in [-0.15, -0.1) is 0 Å². The van der Waals surface area contributed by atoms with Crippen LogP contribution in [0.3, 0.4) is 0 Å². The number of phenols is 1. The number of aliphatic imine (C=N–C) groups is 1. The zero-order valence-corrected chi connectivity index (χ0v) is 57.2. The van der Waals surface area contributed by atoms with Gasteiger partial charge in [0.1, 0.15) is 72.2 Å². The Morgan fingerprint density at radius 2 is 1.26 bits per heavy atom. The van der Waals surface area contributed by atoms with Crippen molar-refractivity contribution in [1.82, 2.24) is 63.4 Å². The van der Waals surface area contributed by atoms with Crippen molar-refractivity contribution in [1.29, 1.82) is 0 Å². The molecular weight excluding hydrogens is 1320 g/mol. The Hall–Kier alpha value is -10.4. The molecule has 4 aromatic rings. The third kappa shape index (κ3) is 24.5. The number of nitrogens with zero attached hydrogens (tertiary/aromatic N) is 2. The topological polar surface area (TPSA) is 488 Å². The monoisotopic (exact) mass is 1410 g/mol. The number of primary amides is 1. The Balaban J connectivity index is 1.27. The van der Waals surface area contributed by atoms with E-state index in [1.807, 2.05) is 30.3 Å². The predicted octanol–water partition coefficient (Wildman–Crippen LogP) is -2.00. The molecule has 11 atom stereocenters. The fourth-order valence-electron chi connectivity index (χ4n) is 11.3. The molecule has 0 saturated carbocycles. The summed E-state index contributed by atoms with van der Waals surface area (Å²) in [6, 6.07) is 9.41. The minimum atomic E-state index is -1.84. The number of likely N-dealkylation sites (tertiary alicyclic amines) is 1. The summed E-state index contributed by atoms with van der Waals surface area (Å²) in [5.41, 5.74) is 18.1. The number of aromatic hydroxyl groups is 1. The van der Waals surface area contributed by atoms with Gasteiger partial charge in [0.15, 0.2) is 5.96 Å². The van der Waals surface area contributed by atoms with Crippen molar-refractivity contribution in [2.24, 2.45) is 28.1 Å². The molecule has 100 heavy (non-hydrogen) atoms. The van der Waals surface area contributed by atoms with Crippen LogP contribution in [-0.2, 0) is 81.6 Å². The highest BCUT2D eigenvalue weighted by molar-refractivity contribution is 6.30. The average Bonchev–Trinajstić information content (AvgIpc) is 1.50. The molecule has 540 valence electrons. The molecule has 0 aliphatic carbocycles. The van der Waals surface area contributed by atoms with Crippen molar-refractivity contribution in [3.05, 3.63) is 113 Å². The SMILES string of the molecule is CC(=O)N[C@H]1CC(=O)N[C@H](C)C(=O)N[C@@H](C(=O)N[C@@H](CO)C(=O)N[C@@H](Cc2ccc(O)cc2)C(=O)N[C@H](Cc2ccc3ccccc3c2)C(=O)N[C@H](CC(C)C)C(=O)N[C@@H](CCCN=C(N)N)C(=O)N2CCC[C@H]2C(=O)N[C@H](C)C(N)=O)CCCNC(=O)[C@@H](Cc2ccc(Cl)cc2)NC1=O. The zero-order chi connectivity index (χ0) is 73.3. The average molecular weight is 1410 g/mol. The van der Waals surface area contributed by atoms with Gasteiger partial charge in [0, 0.05) is 50.8 Å². The minimum absolute atomic E-state index is 0.00198. The van der Waals surface area contributed by atoms with Crippen LogP contribution < -0.4 is 75.7 Å². The molecule has 4 aromatic carbocycles. The Morgan fingerprint density at radius 1 is 0.660 bits per heavy atom. The van der Waals surface area contributed by atoms with E-state index in [-0.39, 0.29) is 95.0 Å². The number of aliphatic hydroxyl groups excluding tert-OH is 1. The molecule has 6 rings (SSSR count). The smallest absolute Gasteiger partial charge is 0.245 e. The maximum atomic E-state index is 15.1. The van der Waals surface area contributed by atoms with Crippen molar-refractivity contribution in [3.8, 4) is 5.75 Å². The number of rotatable bonds is 28. The molecule has 2 aliphatic rings. The highest BCUT2D eigenvalue weighted by atomic mass is 35.5. The summed E-state index contributed by atoms with van der Waals surface area (Å²) in [5, 5.41) is 51.6. The summed E-state index contributed by atoms with van der Waals surface area (Å²) < 4.78 is 0. The lowest BCUT2D eigenvalue weighted by Gasteiger charge is -2.31. The maximum absolute atomic E-state index is 15.1. The van der Waals surface area contributed by atoms with Crippen molar-refractivity contribution in [3.63, 3.8) is 0 Å². The van der Waals surface area contributed by atoms with Crippen LogP contribution in [0.25, 0.3) is 10.8 Å². The first kappa shape index (κ1) is 78.6. The fourth-order valence-corrected chi connectivity index (χ4v) is 11.5. The van der Waals surface area contributed by atoms with Gasteiger partial charge in [0.25, 0.3) is 0 Å². The number of carbonyl (C=O) groups excluding carboxylic acids is 13. The molecule has 2 aliphatic heterocycles. The van der Waals surface area contributed by atoms with E-state index in [4.69, 9.17) is 28.8 Å². The van der Waals surface area contributed by atoms with Crippen molar-refractivity contribution < 1.29 is 72.5 Å². The van der Waals surface area contributed by atoms with E-state index in [2.05, 4.69) is 63.5 Å². The summed E-state index contributed by atoms with van der Waals surface area (Å²) in [6.07, 6.45) is -0.688. The van der Waals surface area contributed by atoms with Crippen LogP contribution in [0.4, 0.5) is 0 Å². The van der Waals surface area contributed by atoms with E-state index in [0.29, 0.717) is 28.1 Å². The molecule has 2 saturated heterocycles. The lowest BCUT2D eigenvalue weighted by Crippen LogP contribution is -2.61. The Bertz CT molecular complexity index is 3630. The van der Waals surface area contributed by atoms with Crippen LogP contribution in [0.2, 0.25) is 5.02 Å². The van der Waals surface area contributed by atoms with Gasteiger partial charge in [-0.2, -0.15) is 0 Å². The number of amides is 13. The number of hydrogen-bond donors (Lipinski definition) is 16. The first-order valence-electron chi connectivity index (χ1n) is 33.0. The number of phenolic OH excluding ortho intramolecular Hbond substituents is 1. The predicted molar refractivity (Wildman–Crippen MR) is 368 cm³/mol. The van der Waals surface area contributed by atoms with E-state index in [1.165, 1.54) is 43.0 Å². The van der Waals surface area contributed by atoms with Crippen LogP contribution in [0.1, 0.15) is 103 Å². The number of aliphatic hydroxyl groups is 1. The van der Waals surface area contributed by atoms with Crippen molar-refractivity contribution in [2.45, 2.75) is 172 Å². The molecule has 0 radical (unpaired) electrons. The van der Waals surface area contributed by atoms with Gasteiger partial charge in [-0.25, -0.2) is 0 Å². The van der Waals surface area contributed by atoms with E-state index >= 15 is 9.59 Å². The molecule has 0 aromatic heterocycles. The third-order valence-electron chi connectivity index (χ3n) is 16.7. The molecule has 0 spiro atoms. The summed E-state index contributed by atoms with van der Waals surface area (Å²) in [4.78, 5) is 186. The molecule has 31 nitrogen and oxygen atoms in total. The second-order valence-electron chi connectivity index (χ2n) is 25.3. The van der Waals surface area contributed by atoms with Gasteiger partial charge >= 0.3 is 0 Å². The Morgan fingerprint density at radius 3 is 1.89 bits per heavy atom. The van der Waals surface area contributed by atoms with E-state index in [0.717, 1.165) is 17.7 Å². The van der Waals surface area contributed by atoms with Crippen LogP contribution in [0.5, 0.6) is 5.75 Å². The van der Waals surface area contributed by atoms with E-state index < -0.39 is 156 Å². The maximum Gasteiger partial charge on any atom is 0.245 e. The third-order valence-corrected chi connectivity index (χ3v) is 16.9. The number of benzene rings is 4. The fraction of sp³-hybridized carbons (Fsp3) is 0.471. The summed E-state index contributed by atoms with van der Waals surface area (Å²) >= 11 is 6.09. The van der Waals surface area contributed by atoms with Crippen LogP contribution in [0.15, 0.2) is 96.0 Å². The summed E-state index contributed by atoms with van der Waals surface area (Å²) in [5.74, 6) is -11.5. The van der Waals surface area contributed by atoms with Crippen LogP contribution in [0, 0.1) is 5.92 Å². The number of nitrogens with one attached hydrogen (secondary N) is 11. The lowest BCUT2D eigenvalue weighted by atomic mass is 9.98. The Labute approximate surface area is 583 Å². The number of fused-ring (bicyclic) bond motifs is 1. The van der Waals surface area contributed by atoms with Gasteiger partial charge in [-0.05, 0) is 116 Å². The molecule has 19 N–H and O–H groups in total. The van der Waals surface area contributed by atoms with E-state index in [9.17, 15) is 63.0 Å². The van der Waals surface area contributed by atoms with Crippen LogP contribution >= 0.6 is 11.6 Å². The van der Waals surface area contributed by atoms with Gasteiger partial charge in [0.05, 0.1) is 13.0 Å². The van der Waals surface area contributed by atoms with Crippen LogP contribution in [-0.4, -0.2) is 191 Å². The first-order chi connectivity index (χ1) is 47.5. The van der Waals surface area contributed by atoms with Crippen molar-refractivity contribution in [2.75, 3.05) is 26.2 Å². The largest absolute Gasteiger partial charge is 0.508 e. The van der Waals surface area contributed by atoms with Gasteiger partial charge in [-0.1, -0.05) is 92.2 Å². The highest BCUT2D eigenvalue weighted by Crippen LogP contribution is 2.22. The van der Waals surface area contributed by atoms with Gasteiger partial charge in [0.2, 0.25) is 76.8 Å². The first-order valence-corrected chi connectivity index (χ1v) is 33.4. The summed E-state index contributed by atoms with van der Waals surface area (Å²) in [7, 11) is 0. The second-order valence-corrected chi connectivity index (χ2v) is 25.7. The molecule has 0 bridgehead atoms. The molecule has 2 fully saturated rings. The second kappa shape index (κ2) is 38.1. The standard InChI is InChI=1S/C68H91ClN16O15/c1-36(2)29-49(61(94)79-48(14-9-27-74-68(71)72)67(100)85-28-10-15-55(85)66(99)76-37(3)57(70)90)80-63(96)52(33-42-16-21-43-11-6-7-12-44(43)30-42)82-62(95)51(32-41-19-24-46(88)25-20-41)83-65(98)54(35-86)84-60(93)47-13-8-26-73-59(92)50(31-40-17-22-45(69)23-18-40)81-64(97)53(77-39(5)87)34-56(89)75-38(4)58(91)78-47/h6-7,11-12,16-25,30,36-38,47-55,86,88H,8-10,13-15,26-29,31-35H2,1-5H3,(H2,70,90)(H,73,92)(H,75,89)(H,76,99)(H,77,87)(H,78,91)(H,79,94)(H,80,96)(H,81,97)(H,82,95)(H,83,98)(H,84,93)(H4,71,72,74)/t37-,38-,47-,48+,49-,50-,51+,52-,53+,54+,55+/m1/s1. The molecular formula is C68H91ClN16O15. The summed E-state index contributed by atoms with van der Waals surface area (Å²) in [6.45, 7) is 6.36. The van der Waals surface area contributed by atoms with Gasteiger partial charge in [-0.3, -0.25) is 67.3 Å². The number of nitrogens with two attached hydrogens (primary N) is 3.